The Hall–Kier alpha value is -2.41. The van der Waals surface area contributed by atoms with Crippen molar-refractivity contribution in [3.8, 4) is 0 Å². The van der Waals surface area contributed by atoms with Crippen molar-refractivity contribution in [2.45, 2.75) is 32.3 Å². The van der Waals surface area contributed by atoms with E-state index in [0.29, 0.717) is 18.8 Å². The lowest BCUT2D eigenvalue weighted by Gasteiger charge is -2.18. The van der Waals surface area contributed by atoms with Gasteiger partial charge in [0.05, 0.1) is 12.0 Å². The highest BCUT2D eigenvalue weighted by Gasteiger charge is 2.35. The maximum Gasteiger partial charge on any atom is 0.227 e. The number of rotatable bonds is 5. The first kappa shape index (κ1) is 17.4. The van der Waals surface area contributed by atoms with Crippen LogP contribution in [0.4, 0.5) is 11.4 Å². The summed E-state index contributed by atoms with van der Waals surface area (Å²) in [4.78, 5) is 37.2. The first-order valence-corrected chi connectivity index (χ1v) is 8.60. The lowest BCUT2D eigenvalue weighted by Crippen LogP contribution is -2.37. The number of benzene rings is 1. The second-order valence-corrected chi connectivity index (χ2v) is 6.51. The van der Waals surface area contributed by atoms with Crippen LogP contribution in [0.5, 0.6) is 0 Å². The maximum atomic E-state index is 12.3. The molecule has 0 saturated carbocycles. The van der Waals surface area contributed by atoms with Crippen LogP contribution in [0, 0.1) is 5.92 Å². The van der Waals surface area contributed by atoms with Crippen molar-refractivity contribution in [1.29, 1.82) is 0 Å². The van der Waals surface area contributed by atoms with Crippen LogP contribution >= 0.6 is 0 Å². The number of nitrogens with zero attached hydrogens (tertiary/aromatic N) is 1. The Morgan fingerprint density at radius 3 is 2.68 bits per heavy atom. The summed E-state index contributed by atoms with van der Waals surface area (Å²) in [5.74, 6) is -0.650. The van der Waals surface area contributed by atoms with Gasteiger partial charge in [-0.05, 0) is 37.1 Å². The zero-order valence-corrected chi connectivity index (χ0v) is 14.3. The van der Waals surface area contributed by atoms with Crippen molar-refractivity contribution in [2.75, 3.05) is 29.9 Å². The summed E-state index contributed by atoms with van der Waals surface area (Å²) in [7, 11) is 0. The number of hydrogen-bond donors (Lipinski definition) is 2. The Bertz CT molecular complexity index is 653. The predicted octanol–water partition coefficient (Wildman–Crippen LogP) is 1.29. The standard InChI is InChI=1S/C18H23N3O4/c1-12(22)20-14-4-6-15(7-5-14)21-11-13(9-17(21)23)18(24)19-10-16-3-2-8-25-16/h4-7,13,16H,2-3,8-11H2,1H3,(H,19,24)(H,20,22)/t13-,16-/m1/s1. The van der Waals surface area contributed by atoms with Gasteiger partial charge in [-0.25, -0.2) is 0 Å². The van der Waals surface area contributed by atoms with Gasteiger partial charge in [0, 0.05) is 44.4 Å². The first-order chi connectivity index (χ1) is 12.0. The summed E-state index contributed by atoms with van der Waals surface area (Å²) in [6.45, 7) is 3.08. The van der Waals surface area contributed by atoms with Crippen molar-refractivity contribution >= 4 is 29.1 Å². The van der Waals surface area contributed by atoms with Crippen molar-refractivity contribution < 1.29 is 19.1 Å². The Balaban J connectivity index is 1.56. The molecule has 0 radical (unpaired) electrons. The summed E-state index contributed by atoms with van der Waals surface area (Å²) >= 11 is 0. The molecule has 7 heteroatoms. The van der Waals surface area contributed by atoms with Crippen LogP contribution in [-0.4, -0.2) is 43.5 Å². The molecule has 3 rings (SSSR count). The van der Waals surface area contributed by atoms with Crippen molar-refractivity contribution in [3.63, 3.8) is 0 Å². The van der Waals surface area contributed by atoms with Crippen LogP contribution in [0.3, 0.4) is 0 Å². The smallest absolute Gasteiger partial charge is 0.227 e. The molecular weight excluding hydrogens is 322 g/mol. The molecule has 25 heavy (non-hydrogen) atoms. The monoisotopic (exact) mass is 345 g/mol. The highest BCUT2D eigenvalue weighted by atomic mass is 16.5. The van der Waals surface area contributed by atoms with E-state index in [1.54, 1.807) is 29.2 Å². The van der Waals surface area contributed by atoms with Crippen LogP contribution < -0.4 is 15.5 Å². The lowest BCUT2D eigenvalue weighted by atomic mass is 10.1. The van der Waals surface area contributed by atoms with Gasteiger partial charge in [-0.3, -0.25) is 14.4 Å². The zero-order chi connectivity index (χ0) is 17.8. The molecule has 2 aliphatic heterocycles. The number of ether oxygens (including phenoxy) is 1. The molecule has 2 N–H and O–H groups in total. The molecular formula is C18H23N3O4. The second-order valence-electron chi connectivity index (χ2n) is 6.51. The minimum Gasteiger partial charge on any atom is -0.376 e. The van der Waals surface area contributed by atoms with Crippen LogP contribution in [0.2, 0.25) is 0 Å². The van der Waals surface area contributed by atoms with Gasteiger partial charge < -0.3 is 20.3 Å². The third-order valence-corrected chi connectivity index (χ3v) is 4.52. The number of amides is 3. The van der Waals surface area contributed by atoms with Gasteiger partial charge >= 0.3 is 0 Å². The quantitative estimate of drug-likeness (QED) is 0.842. The largest absolute Gasteiger partial charge is 0.376 e. The van der Waals surface area contributed by atoms with Crippen LogP contribution in [0.1, 0.15) is 26.2 Å². The predicted molar refractivity (Wildman–Crippen MR) is 93.2 cm³/mol. The lowest BCUT2D eigenvalue weighted by molar-refractivity contribution is -0.126. The number of carbonyl (C=O) groups is 3. The minimum absolute atomic E-state index is 0.0652. The van der Waals surface area contributed by atoms with Crippen LogP contribution in [-0.2, 0) is 19.1 Å². The normalized spacial score (nSPS) is 22.9. The average molecular weight is 345 g/mol. The Labute approximate surface area is 146 Å². The molecule has 2 aliphatic rings. The van der Waals surface area contributed by atoms with Crippen LogP contribution in [0.15, 0.2) is 24.3 Å². The number of hydrogen-bond acceptors (Lipinski definition) is 4. The number of nitrogens with one attached hydrogen (secondary N) is 2. The SMILES string of the molecule is CC(=O)Nc1ccc(N2C[C@H](C(=O)NC[C@H]3CCCO3)CC2=O)cc1. The fourth-order valence-electron chi connectivity index (χ4n) is 3.22. The number of carbonyl (C=O) groups excluding carboxylic acids is 3. The third kappa shape index (κ3) is 4.36. The molecule has 2 atom stereocenters. The molecule has 0 unspecified atom stereocenters. The number of anilines is 2. The molecule has 2 fully saturated rings. The van der Waals surface area contributed by atoms with E-state index < -0.39 is 0 Å². The van der Waals surface area contributed by atoms with E-state index in [-0.39, 0.29) is 36.2 Å². The third-order valence-electron chi connectivity index (χ3n) is 4.52. The highest BCUT2D eigenvalue weighted by molar-refractivity contribution is 6.00. The fourth-order valence-corrected chi connectivity index (χ4v) is 3.22. The van der Waals surface area contributed by atoms with E-state index >= 15 is 0 Å². The van der Waals surface area contributed by atoms with Gasteiger partial charge in [-0.2, -0.15) is 0 Å². The van der Waals surface area contributed by atoms with Gasteiger partial charge in [0.25, 0.3) is 0 Å². The Morgan fingerprint density at radius 2 is 2.04 bits per heavy atom. The summed E-state index contributed by atoms with van der Waals surface area (Å²) in [6.07, 6.45) is 2.31. The topological polar surface area (TPSA) is 87.7 Å². The van der Waals surface area contributed by atoms with Crippen molar-refractivity contribution in [3.05, 3.63) is 24.3 Å². The summed E-state index contributed by atoms with van der Waals surface area (Å²) in [5.41, 5.74) is 1.40. The van der Waals surface area contributed by atoms with E-state index in [9.17, 15) is 14.4 Å². The summed E-state index contributed by atoms with van der Waals surface area (Å²) < 4.78 is 5.49. The average Bonchev–Trinajstić information content (AvgIpc) is 3.22. The summed E-state index contributed by atoms with van der Waals surface area (Å²) in [5, 5.41) is 5.59. The molecule has 134 valence electrons. The molecule has 7 nitrogen and oxygen atoms in total. The molecule has 2 heterocycles. The second kappa shape index (κ2) is 7.65. The Kier molecular flexibility index (Phi) is 5.33. The molecule has 0 spiro atoms. The van der Waals surface area contributed by atoms with Crippen molar-refractivity contribution in [2.24, 2.45) is 5.92 Å². The van der Waals surface area contributed by atoms with Gasteiger partial charge in [-0.1, -0.05) is 0 Å². The first-order valence-electron chi connectivity index (χ1n) is 8.60. The molecule has 1 aromatic rings. The zero-order valence-electron chi connectivity index (χ0n) is 14.3. The molecule has 0 bridgehead atoms. The molecule has 2 saturated heterocycles. The van der Waals surface area contributed by atoms with Gasteiger partial charge in [-0.15, -0.1) is 0 Å². The van der Waals surface area contributed by atoms with Crippen molar-refractivity contribution in [1.82, 2.24) is 5.32 Å². The molecule has 1 aromatic carbocycles. The molecule has 0 aliphatic carbocycles. The van der Waals surface area contributed by atoms with E-state index in [1.165, 1.54) is 6.92 Å². The fraction of sp³-hybridized carbons (Fsp3) is 0.500. The molecule has 3 amide bonds. The van der Waals surface area contributed by atoms with E-state index in [4.69, 9.17) is 4.74 Å². The van der Waals surface area contributed by atoms with E-state index in [2.05, 4.69) is 10.6 Å². The highest BCUT2D eigenvalue weighted by Crippen LogP contribution is 2.26. The van der Waals surface area contributed by atoms with Gasteiger partial charge in [0.1, 0.15) is 0 Å². The van der Waals surface area contributed by atoms with Gasteiger partial charge in [0.15, 0.2) is 0 Å². The minimum atomic E-state index is -0.344. The van der Waals surface area contributed by atoms with E-state index in [1.807, 2.05) is 0 Å². The molecule has 0 aromatic heterocycles. The Morgan fingerprint density at radius 1 is 1.28 bits per heavy atom. The van der Waals surface area contributed by atoms with E-state index in [0.717, 1.165) is 25.1 Å². The van der Waals surface area contributed by atoms with Gasteiger partial charge in [0.2, 0.25) is 17.7 Å². The maximum absolute atomic E-state index is 12.3. The van der Waals surface area contributed by atoms with Crippen LogP contribution in [0.25, 0.3) is 0 Å². The summed E-state index contributed by atoms with van der Waals surface area (Å²) in [6, 6.07) is 7.04.